The average Bonchev–Trinajstić information content (AvgIpc) is 2.28. The molecule has 2 heteroatoms. The lowest BCUT2D eigenvalue weighted by Crippen LogP contribution is -2.15. The fourth-order valence-electron chi connectivity index (χ4n) is 2.00. The molecule has 2 atom stereocenters. The van der Waals surface area contributed by atoms with Gasteiger partial charge >= 0.3 is 0 Å². The quantitative estimate of drug-likeness (QED) is 0.534. The Kier molecular flexibility index (Phi) is 1.91. The van der Waals surface area contributed by atoms with Crippen LogP contribution >= 0.6 is 0 Å². The van der Waals surface area contributed by atoms with Crippen LogP contribution in [0.5, 0.6) is 0 Å². The van der Waals surface area contributed by atoms with Crippen molar-refractivity contribution in [2.75, 3.05) is 26.3 Å². The normalized spacial score (nSPS) is 40.8. The van der Waals surface area contributed by atoms with Gasteiger partial charge in [-0.05, 0) is 31.2 Å². The zero-order chi connectivity index (χ0) is 6.81. The highest BCUT2D eigenvalue weighted by Gasteiger charge is 2.28. The number of nitrogens with one attached hydrogen (secondary N) is 1. The first-order valence-corrected chi connectivity index (χ1v) is 4.25. The van der Waals surface area contributed by atoms with Crippen LogP contribution in [0.3, 0.4) is 0 Å². The van der Waals surface area contributed by atoms with E-state index in [4.69, 9.17) is 4.74 Å². The Hall–Kier alpha value is -0.0800. The van der Waals surface area contributed by atoms with Crippen molar-refractivity contribution in [3.05, 3.63) is 0 Å². The molecule has 0 saturated carbocycles. The Morgan fingerprint density at radius 2 is 2.10 bits per heavy atom. The van der Waals surface area contributed by atoms with Gasteiger partial charge < -0.3 is 10.1 Å². The lowest BCUT2D eigenvalue weighted by Gasteiger charge is -2.11. The highest BCUT2D eigenvalue weighted by atomic mass is 16.5. The van der Waals surface area contributed by atoms with E-state index in [9.17, 15) is 0 Å². The number of hydrogen-bond donors (Lipinski definition) is 1. The van der Waals surface area contributed by atoms with Crippen molar-refractivity contribution in [2.45, 2.75) is 12.8 Å². The summed E-state index contributed by atoms with van der Waals surface area (Å²) in [5.41, 5.74) is 0. The van der Waals surface area contributed by atoms with E-state index < -0.39 is 0 Å². The molecule has 0 aliphatic carbocycles. The van der Waals surface area contributed by atoms with Gasteiger partial charge in [-0.15, -0.1) is 0 Å². The summed E-state index contributed by atoms with van der Waals surface area (Å²) in [7, 11) is 0. The molecule has 2 aliphatic rings. The number of hydrogen-bond acceptors (Lipinski definition) is 2. The molecule has 58 valence electrons. The van der Waals surface area contributed by atoms with Crippen LogP contribution in [0.15, 0.2) is 0 Å². The molecule has 2 saturated heterocycles. The van der Waals surface area contributed by atoms with Gasteiger partial charge in [0.1, 0.15) is 0 Å². The molecule has 2 aliphatic heterocycles. The van der Waals surface area contributed by atoms with Crippen LogP contribution in [0.25, 0.3) is 0 Å². The third-order valence-corrected chi connectivity index (χ3v) is 2.68. The summed E-state index contributed by atoms with van der Waals surface area (Å²) >= 11 is 0. The molecule has 2 rings (SSSR count). The summed E-state index contributed by atoms with van der Waals surface area (Å²) in [6.07, 6.45) is 2.64. The van der Waals surface area contributed by atoms with Crippen molar-refractivity contribution in [3.8, 4) is 0 Å². The lowest BCUT2D eigenvalue weighted by atomic mass is 9.93. The maximum absolute atomic E-state index is 5.47. The Balaban J connectivity index is 1.95. The minimum absolute atomic E-state index is 0.822. The molecular weight excluding hydrogens is 126 g/mol. The zero-order valence-corrected chi connectivity index (χ0v) is 6.31. The van der Waals surface area contributed by atoms with Crippen molar-refractivity contribution in [3.63, 3.8) is 0 Å². The maximum Gasteiger partial charge on any atom is 0.0509 e. The fraction of sp³-hybridized carbons (Fsp3) is 1.00. The minimum atomic E-state index is 0.822. The zero-order valence-electron chi connectivity index (χ0n) is 6.31. The minimum Gasteiger partial charge on any atom is -0.381 e. The van der Waals surface area contributed by atoms with E-state index in [1.165, 1.54) is 25.9 Å². The van der Waals surface area contributed by atoms with Crippen LogP contribution < -0.4 is 5.32 Å². The van der Waals surface area contributed by atoms with Gasteiger partial charge in [0.25, 0.3) is 0 Å². The Bertz CT molecular complexity index is 104. The second kappa shape index (κ2) is 2.89. The Morgan fingerprint density at radius 3 is 3.10 bits per heavy atom. The molecular formula is C8H15NO. The van der Waals surface area contributed by atoms with Crippen molar-refractivity contribution in [1.82, 2.24) is 5.32 Å². The third-order valence-electron chi connectivity index (χ3n) is 2.68. The van der Waals surface area contributed by atoms with E-state index in [0.29, 0.717) is 0 Å². The second-order valence-electron chi connectivity index (χ2n) is 3.40. The molecule has 2 nitrogen and oxygen atoms in total. The smallest absolute Gasteiger partial charge is 0.0509 e. The van der Waals surface area contributed by atoms with E-state index in [1.807, 2.05) is 0 Å². The molecule has 0 radical (unpaired) electrons. The Morgan fingerprint density at radius 1 is 1.20 bits per heavy atom. The van der Waals surface area contributed by atoms with Gasteiger partial charge in [0.15, 0.2) is 0 Å². The SMILES string of the molecule is C1COCC2CNCC2C1. The molecule has 1 N–H and O–H groups in total. The first kappa shape index (κ1) is 6.62. The van der Waals surface area contributed by atoms with Crippen LogP contribution in [0.4, 0.5) is 0 Å². The summed E-state index contributed by atoms with van der Waals surface area (Å²) in [4.78, 5) is 0. The highest BCUT2D eigenvalue weighted by molar-refractivity contribution is 4.82. The summed E-state index contributed by atoms with van der Waals surface area (Å²) < 4.78 is 5.47. The van der Waals surface area contributed by atoms with Gasteiger partial charge in [0.2, 0.25) is 0 Å². The Labute approximate surface area is 61.9 Å². The van der Waals surface area contributed by atoms with Crippen LogP contribution in [-0.4, -0.2) is 26.3 Å². The van der Waals surface area contributed by atoms with E-state index in [-0.39, 0.29) is 0 Å². The maximum atomic E-state index is 5.47. The van der Waals surface area contributed by atoms with Crippen LogP contribution in [0, 0.1) is 11.8 Å². The van der Waals surface area contributed by atoms with Gasteiger partial charge in [-0.25, -0.2) is 0 Å². The van der Waals surface area contributed by atoms with E-state index in [1.54, 1.807) is 0 Å². The summed E-state index contributed by atoms with van der Waals surface area (Å²) in [5, 5.41) is 3.41. The molecule has 10 heavy (non-hydrogen) atoms. The molecule has 0 bridgehead atoms. The van der Waals surface area contributed by atoms with Gasteiger partial charge in [-0.1, -0.05) is 0 Å². The van der Waals surface area contributed by atoms with Crippen LogP contribution in [-0.2, 0) is 4.74 Å². The number of rotatable bonds is 0. The monoisotopic (exact) mass is 141 g/mol. The molecule has 0 aromatic heterocycles. The topological polar surface area (TPSA) is 21.3 Å². The first-order valence-electron chi connectivity index (χ1n) is 4.25. The van der Waals surface area contributed by atoms with Gasteiger partial charge in [0, 0.05) is 13.2 Å². The molecule has 2 unspecified atom stereocenters. The molecule has 2 heterocycles. The predicted molar refractivity (Wildman–Crippen MR) is 39.9 cm³/mol. The largest absolute Gasteiger partial charge is 0.381 e. The lowest BCUT2D eigenvalue weighted by molar-refractivity contribution is 0.115. The van der Waals surface area contributed by atoms with E-state index in [2.05, 4.69) is 5.32 Å². The van der Waals surface area contributed by atoms with Crippen molar-refractivity contribution in [1.29, 1.82) is 0 Å². The second-order valence-corrected chi connectivity index (χ2v) is 3.40. The van der Waals surface area contributed by atoms with Gasteiger partial charge in [-0.3, -0.25) is 0 Å². The fourth-order valence-corrected chi connectivity index (χ4v) is 2.00. The molecule has 0 amide bonds. The van der Waals surface area contributed by atoms with Crippen molar-refractivity contribution < 1.29 is 4.74 Å². The molecule has 0 aromatic rings. The first-order chi connectivity index (χ1) is 4.97. The third kappa shape index (κ3) is 1.18. The number of fused-ring (bicyclic) bond motifs is 1. The van der Waals surface area contributed by atoms with Crippen LogP contribution in [0.2, 0.25) is 0 Å². The highest BCUT2D eigenvalue weighted by Crippen LogP contribution is 2.24. The van der Waals surface area contributed by atoms with E-state index >= 15 is 0 Å². The van der Waals surface area contributed by atoms with Crippen molar-refractivity contribution in [2.24, 2.45) is 11.8 Å². The summed E-state index contributed by atoms with van der Waals surface area (Å²) in [5.74, 6) is 1.74. The average molecular weight is 141 g/mol. The van der Waals surface area contributed by atoms with Gasteiger partial charge in [-0.2, -0.15) is 0 Å². The van der Waals surface area contributed by atoms with Crippen molar-refractivity contribution >= 4 is 0 Å². The standard InChI is InChI=1S/C8H15NO/c1-2-7-4-9-5-8(7)6-10-3-1/h7-9H,1-6H2. The molecule has 2 fully saturated rings. The van der Waals surface area contributed by atoms with Crippen LogP contribution in [0.1, 0.15) is 12.8 Å². The molecule has 0 aromatic carbocycles. The predicted octanol–water partition coefficient (Wildman–Crippen LogP) is 0.632. The molecule has 0 spiro atoms. The van der Waals surface area contributed by atoms with Gasteiger partial charge in [0.05, 0.1) is 6.61 Å². The van der Waals surface area contributed by atoms with E-state index in [0.717, 1.165) is 25.0 Å². The summed E-state index contributed by atoms with van der Waals surface area (Å²) in [6.45, 7) is 4.41. The number of ether oxygens (including phenoxy) is 1. The summed E-state index contributed by atoms with van der Waals surface area (Å²) in [6, 6.07) is 0.